The third-order valence-electron chi connectivity index (χ3n) is 3.90. The maximum atomic E-state index is 12.3. The molecule has 0 spiro atoms. The third-order valence-corrected chi connectivity index (χ3v) is 5.02. The molecule has 8 heteroatoms. The second-order valence-corrected chi connectivity index (χ2v) is 8.46. The summed E-state index contributed by atoms with van der Waals surface area (Å²) in [7, 11) is -3.60. The molecule has 2 rings (SSSR count). The summed E-state index contributed by atoms with van der Waals surface area (Å²) >= 11 is 0. The first kappa shape index (κ1) is 19.5. The predicted octanol–water partition coefficient (Wildman–Crippen LogP) is 1.06. The van der Waals surface area contributed by atoms with Gasteiger partial charge in [0.05, 0.1) is 30.8 Å². The fourth-order valence-electron chi connectivity index (χ4n) is 2.63. The number of anilines is 2. The number of rotatable bonds is 7. The van der Waals surface area contributed by atoms with Crippen molar-refractivity contribution in [1.29, 1.82) is 0 Å². The Hall–Kier alpha value is -1.80. The Balaban J connectivity index is 2.28. The van der Waals surface area contributed by atoms with Gasteiger partial charge in [-0.1, -0.05) is 26.0 Å². The number of carbonyl (C=O) groups is 1. The molecule has 1 fully saturated rings. The lowest BCUT2D eigenvalue weighted by molar-refractivity contribution is -0.119. The Bertz CT molecular complexity index is 685. The van der Waals surface area contributed by atoms with Crippen molar-refractivity contribution in [2.75, 3.05) is 54.9 Å². The van der Waals surface area contributed by atoms with E-state index >= 15 is 0 Å². The van der Waals surface area contributed by atoms with Crippen LogP contribution in [0.3, 0.4) is 0 Å². The van der Waals surface area contributed by atoms with Crippen molar-refractivity contribution in [3.8, 4) is 0 Å². The molecule has 1 N–H and O–H groups in total. The molecule has 0 aliphatic carbocycles. The monoisotopic (exact) mass is 369 g/mol. The average Bonchev–Trinajstić information content (AvgIpc) is 2.57. The summed E-state index contributed by atoms with van der Waals surface area (Å²) in [4.78, 5) is 14.3. The topological polar surface area (TPSA) is 79.0 Å². The van der Waals surface area contributed by atoms with Gasteiger partial charge in [0.15, 0.2) is 0 Å². The number of sulfonamides is 1. The summed E-state index contributed by atoms with van der Waals surface area (Å²) in [6.45, 7) is 6.84. The van der Waals surface area contributed by atoms with Crippen LogP contribution in [0.1, 0.15) is 13.8 Å². The molecule has 1 heterocycles. The van der Waals surface area contributed by atoms with Gasteiger partial charge in [-0.3, -0.25) is 9.10 Å². The lowest BCUT2D eigenvalue weighted by atomic mass is 10.2. The maximum absolute atomic E-state index is 12.3. The average molecular weight is 369 g/mol. The standard InChI is InChI=1S/C17H27N3O4S/c1-14(2)12-18-17(21)13-20(25(3,22)23)16-7-5-4-6-15(16)19-8-10-24-11-9-19/h4-7,14H,8-13H2,1-3H3,(H,18,21). The lowest BCUT2D eigenvalue weighted by Crippen LogP contribution is -2.43. The number of para-hydroxylation sites is 2. The number of nitrogens with one attached hydrogen (secondary N) is 1. The Morgan fingerprint density at radius 1 is 1.28 bits per heavy atom. The van der Waals surface area contributed by atoms with E-state index in [9.17, 15) is 13.2 Å². The fourth-order valence-corrected chi connectivity index (χ4v) is 3.50. The summed E-state index contributed by atoms with van der Waals surface area (Å²) in [5, 5.41) is 2.77. The largest absolute Gasteiger partial charge is 0.378 e. The van der Waals surface area contributed by atoms with E-state index in [1.807, 2.05) is 26.0 Å². The molecule has 0 aromatic heterocycles. The number of hydrogen-bond acceptors (Lipinski definition) is 5. The van der Waals surface area contributed by atoms with Crippen molar-refractivity contribution in [2.45, 2.75) is 13.8 Å². The van der Waals surface area contributed by atoms with E-state index in [4.69, 9.17) is 4.74 Å². The first-order valence-corrected chi connectivity index (χ1v) is 10.3. The fraction of sp³-hybridized carbons (Fsp3) is 0.588. The molecule has 1 aromatic carbocycles. The Kier molecular flexibility index (Phi) is 6.66. The highest BCUT2D eigenvalue weighted by Gasteiger charge is 2.25. The van der Waals surface area contributed by atoms with Crippen molar-refractivity contribution in [1.82, 2.24) is 5.32 Å². The molecule has 7 nitrogen and oxygen atoms in total. The van der Waals surface area contributed by atoms with Crippen LogP contribution >= 0.6 is 0 Å². The molecule has 140 valence electrons. The lowest BCUT2D eigenvalue weighted by Gasteiger charge is -2.33. The third kappa shape index (κ3) is 5.61. The molecular weight excluding hydrogens is 342 g/mol. The zero-order chi connectivity index (χ0) is 18.4. The van der Waals surface area contributed by atoms with Gasteiger partial charge in [-0.25, -0.2) is 8.42 Å². The van der Waals surface area contributed by atoms with Crippen molar-refractivity contribution >= 4 is 27.3 Å². The molecular formula is C17H27N3O4S. The van der Waals surface area contributed by atoms with Gasteiger partial charge in [0.2, 0.25) is 15.9 Å². The zero-order valence-corrected chi connectivity index (χ0v) is 15.9. The summed E-state index contributed by atoms with van der Waals surface area (Å²) < 4.78 is 31.2. The van der Waals surface area contributed by atoms with Crippen molar-refractivity contribution in [2.24, 2.45) is 5.92 Å². The van der Waals surface area contributed by atoms with Crippen LogP contribution in [0.2, 0.25) is 0 Å². The first-order valence-electron chi connectivity index (χ1n) is 8.45. The molecule has 0 saturated carbocycles. The van der Waals surface area contributed by atoms with Crippen molar-refractivity contribution in [3.63, 3.8) is 0 Å². The highest BCUT2D eigenvalue weighted by Crippen LogP contribution is 2.31. The smallest absolute Gasteiger partial charge is 0.240 e. The second-order valence-electron chi connectivity index (χ2n) is 6.56. The van der Waals surface area contributed by atoms with Crippen LogP contribution in [0.15, 0.2) is 24.3 Å². The van der Waals surface area contributed by atoms with Gasteiger partial charge in [-0.15, -0.1) is 0 Å². The number of hydrogen-bond donors (Lipinski definition) is 1. The van der Waals surface area contributed by atoms with Gasteiger partial charge < -0.3 is 15.0 Å². The van der Waals surface area contributed by atoms with Crippen LogP contribution in [0, 0.1) is 5.92 Å². The van der Waals surface area contributed by atoms with Gasteiger partial charge in [0.1, 0.15) is 6.54 Å². The summed E-state index contributed by atoms with van der Waals surface area (Å²) in [6.07, 6.45) is 1.12. The minimum Gasteiger partial charge on any atom is -0.378 e. The molecule has 0 bridgehead atoms. The summed E-state index contributed by atoms with van der Waals surface area (Å²) in [6, 6.07) is 7.27. The normalized spacial score (nSPS) is 15.3. The SMILES string of the molecule is CC(C)CNC(=O)CN(c1ccccc1N1CCOCC1)S(C)(=O)=O. The van der Waals surface area contributed by atoms with E-state index < -0.39 is 10.0 Å². The van der Waals surface area contributed by atoms with Crippen LogP contribution in [-0.2, 0) is 19.6 Å². The number of ether oxygens (including phenoxy) is 1. The van der Waals surface area contributed by atoms with Crippen LogP contribution in [-0.4, -0.2) is 60.0 Å². The first-order chi connectivity index (χ1) is 11.8. The van der Waals surface area contributed by atoms with E-state index in [1.54, 1.807) is 12.1 Å². The highest BCUT2D eigenvalue weighted by atomic mass is 32.2. The van der Waals surface area contributed by atoms with Gasteiger partial charge in [-0.2, -0.15) is 0 Å². The molecule has 1 aliphatic rings. The second kappa shape index (κ2) is 8.53. The van der Waals surface area contributed by atoms with E-state index in [0.717, 1.165) is 11.9 Å². The van der Waals surface area contributed by atoms with E-state index in [-0.39, 0.29) is 12.5 Å². The van der Waals surface area contributed by atoms with E-state index in [0.29, 0.717) is 44.5 Å². The molecule has 0 atom stereocenters. The number of morpholine rings is 1. The van der Waals surface area contributed by atoms with Crippen LogP contribution in [0.25, 0.3) is 0 Å². The highest BCUT2D eigenvalue weighted by molar-refractivity contribution is 7.92. The molecule has 1 aliphatic heterocycles. The minimum absolute atomic E-state index is 0.229. The Labute approximate surface area is 150 Å². The Morgan fingerprint density at radius 3 is 2.52 bits per heavy atom. The molecule has 0 radical (unpaired) electrons. The van der Waals surface area contributed by atoms with Crippen LogP contribution < -0.4 is 14.5 Å². The molecule has 25 heavy (non-hydrogen) atoms. The number of carbonyl (C=O) groups excluding carboxylic acids is 1. The number of nitrogens with zero attached hydrogens (tertiary/aromatic N) is 2. The number of amides is 1. The molecule has 1 aromatic rings. The maximum Gasteiger partial charge on any atom is 0.240 e. The molecule has 0 unspecified atom stereocenters. The van der Waals surface area contributed by atoms with Gasteiger partial charge >= 0.3 is 0 Å². The van der Waals surface area contributed by atoms with Crippen LogP contribution in [0.5, 0.6) is 0 Å². The van der Waals surface area contributed by atoms with Gasteiger partial charge in [-0.05, 0) is 18.1 Å². The summed E-state index contributed by atoms with van der Waals surface area (Å²) in [5.41, 5.74) is 1.32. The predicted molar refractivity (Wildman–Crippen MR) is 99.5 cm³/mol. The van der Waals surface area contributed by atoms with Crippen molar-refractivity contribution in [3.05, 3.63) is 24.3 Å². The number of benzene rings is 1. The van der Waals surface area contributed by atoms with E-state index in [2.05, 4.69) is 10.2 Å². The van der Waals surface area contributed by atoms with Gasteiger partial charge in [0.25, 0.3) is 0 Å². The Morgan fingerprint density at radius 2 is 1.92 bits per heavy atom. The summed E-state index contributed by atoms with van der Waals surface area (Å²) in [5.74, 6) is -0.00724. The zero-order valence-electron chi connectivity index (χ0n) is 15.1. The van der Waals surface area contributed by atoms with Crippen LogP contribution in [0.4, 0.5) is 11.4 Å². The van der Waals surface area contributed by atoms with Crippen molar-refractivity contribution < 1.29 is 17.9 Å². The molecule has 1 amide bonds. The quantitative estimate of drug-likeness (QED) is 0.778. The minimum atomic E-state index is -3.60. The molecule has 1 saturated heterocycles. The van der Waals surface area contributed by atoms with E-state index in [1.165, 1.54) is 4.31 Å². The van der Waals surface area contributed by atoms with Gasteiger partial charge in [0, 0.05) is 19.6 Å².